The number of H-pyrrole nitrogens is 1. The number of aryl methyl sites for hydroxylation is 2. The molecule has 0 fully saturated rings. The van der Waals surface area contributed by atoms with Crippen molar-refractivity contribution in [1.82, 2.24) is 20.1 Å². The van der Waals surface area contributed by atoms with Gasteiger partial charge in [-0.2, -0.15) is 5.10 Å². The van der Waals surface area contributed by atoms with Crippen LogP contribution < -0.4 is 0 Å². The standard InChI is InChI=1S/C17H20N4OS2/c1-11-14(12(2)20-19-11)6-7-16(22)21(3)9-13-10-24-17(18-13)15-5-4-8-23-15/h4-5,8,10H,6-7,9H2,1-3H3,(H,19,20). The molecule has 0 aliphatic carbocycles. The van der Waals surface area contributed by atoms with Crippen molar-refractivity contribution >= 4 is 28.6 Å². The number of rotatable bonds is 6. The second kappa shape index (κ2) is 7.27. The van der Waals surface area contributed by atoms with Gasteiger partial charge in [0.05, 0.1) is 22.8 Å². The molecule has 0 unspecified atom stereocenters. The van der Waals surface area contributed by atoms with Gasteiger partial charge in [0.25, 0.3) is 0 Å². The third-order valence-electron chi connectivity index (χ3n) is 3.98. The van der Waals surface area contributed by atoms with Gasteiger partial charge >= 0.3 is 0 Å². The number of aromatic nitrogens is 3. The summed E-state index contributed by atoms with van der Waals surface area (Å²) in [4.78, 5) is 19.9. The summed E-state index contributed by atoms with van der Waals surface area (Å²) in [6.07, 6.45) is 1.20. The Balaban J connectivity index is 1.56. The van der Waals surface area contributed by atoms with Gasteiger partial charge in [0.2, 0.25) is 5.91 Å². The van der Waals surface area contributed by atoms with Crippen molar-refractivity contribution in [2.75, 3.05) is 7.05 Å². The van der Waals surface area contributed by atoms with Gasteiger partial charge in [-0.25, -0.2) is 4.98 Å². The second-order valence-electron chi connectivity index (χ2n) is 5.78. The van der Waals surface area contributed by atoms with E-state index >= 15 is 0 Å². The highest BCUT2D eigenvalue weighted by Gasteiger charge is 2.14. The molecule has 3 aromatic heterocycles. The molecule has 3 heterocycles. The zero-order valence-electron chi connectivity index (χ0n) is 14.0. The molecule has 126 valence electrons. The van der Waals surface area contributed by atoms with Gasteiger partial charge < -0.3 is 4.90 Å². The smallest absolute Gasteiger partial charge is 0.222 e. The molecule has 1 amide bonds. The fourth-order valence-corrected chi connectivity index (χ4v) is 4.21. The lowest BCUT2D eigenvalue weighted by atomic mass is 10.1. The zero-order valence-corrected chi connectivity index (χ0v) is 15.6. The Bertz CT molecular complexity index is 800. The first-order chi connectivity index (χ1) is 11.5. The molecule has 7 heteroatoms. The Kier molecular flexibility index (Phi) is 5.11. The first-order valence-electron chi connectivity index (χ1n) is 7.77. The number of carbonyl (C=O) groups excluding carboxylic acids is 1. The van der Waals surface area contributed by atoms with Gasteiger partial charge in [-0.15, -0.1) is 22.7 Å². The van der Waals surface area contributed by atoms with E-state index in [9.17, 15) is 4.79 Å². The SMILES string of the molecule is Cc1n[nH]c(C)c1CCC(=O)N(C)Cc1csc(-c2cccs2)n1. The molecule has 3 rings (SSSR count). The normalized spacial score (nSPS) is 11.0. The number of carbonyl (C=O) groups is 1. The van der Waals surface area contributed by atoms with E-state index in [0.29, 0.717) is 13.0 Å². The van der Waals surface area contributed by atoms with Crippen molar-refractivity contribution < 1.29 is 4.79 Å². The summed E-state index contributed by atoms with van der Waals surface area (Å²) >= 11 is 3.31. The summed E-state index contributed by atoms with van der Waals surface area (Å²) in [7, 11) is 1.83. The molecular weight excluding hydrogens is 340 g/mol. The molecule has 0 bridgehead atoms. The van der Waals surface area contributed by atoms with Gasteiger partial charge in [0.15, 0.2) is 0 Å². The fraction of sp³-hybridized carbons (Fsp3) is 0.353. The highest BCUT2D eigenvalue weighted by atomic mass is 32.1. The maximum Gasteiger partial charge on any atom is 0.222 e. The third kappa shape index (κ3) is 3.73. The van der Waals surface area contributed by atoms with Gasteiger partial charge in [-0.1, -0.05) is 6.07 Å². The number of thiazole rings is 1. The van der Waals surface area contributed by atoms with Gasteiger partial charge in [-0.3, -0.25) is 9.89 Å². The van der Waals surface area contributed by atoms with Crippen molar-refractivity contribution in [3.05, 3.63) is 45.5 Å². The number of thiophene rings is 1. The maximum atomic E-state index is 12.4. The minimum absolute atomic E-state index is 0.126. The van der Waals surface area contributed by atoms with Crippen LogP contribution >= 0.6 is 22.7 Å². The quantitative estimate of drug-likeness (QED) is 0.727. The minimum atomic E-state index is 0.126. The fourth-order valence-electron chi connectivity index (χ4n) is 2.59. The van der Waals surface area contributed by atoms with E-state index in [-0.39, 0.29) is 5.91 Å². The minimum Gasteiger partial charge on any atom is -0.340 e. The molecule has 1 N–H and O–H groups in total. The monoisotopic (exact) mass is 360 g/mol. The number of amides is 1. The van der Waals surface area contributed by atoms with Crippen molar-refractivity contribution in [1.29, 1.82) is 0 Å². The summed E-state index contributed by atoms with van der Waals surface area (Å²) in [6.45, 7) is 4.50. The predicted octanol–water partition coefficient (Wildman–Crippen LogP) is 3.80. The molecule has 0 aliphatic rings. The molecule has 0 aliphatic heterocycles. The van der Waals surface area contributed by atoms with Crippen LogP contribution in [0.3, 0.4) is 0 Å². The van der Waals surface area contributed by atoms with Crippen LogP contribution in [0.5, 0.6) is 0 Å². The van der Waals surface area contributed by atoms with Crippen molar-refractivity contribution in [3.8, 4) is 9.88 Å². The van der Waals surface area contributed by atoms with E-state index in [1.807, 2.05) is 37.7 Å². The zero-order chi connectivity index (χ0) is 17.1. The van der Waals surface area contributed by atoms with E-state index in [2.05, 4.69) is 21.2 Å². The van der Waals surface area contributed by atoms with Gasteiger partial charge in [0.1, 0.15) is 5.01 Å². The van der Waals surface area contributed by atoms with Crippen molar-refractivity contribution in [3.63, 3.8) is 0 Å². The van der Waals surface area contributed by atoms with Crippen LogP contribution in [0, 0.1) is 13.8 Å². The first kappa shape index (κ1) is 16.9. The Hall–Kier alpha value is -1.99. The topological polar surface area (TPSA) is 61.9 Å². The first-order valence-corrected chi connectivity index (χ1v) is 9.53. The van der Waals surface area contributed by atoms with Crippen LogP contribution in [0.15, 0.2) is 22.9 Å². The van der Waals surface area contributed by atoms with Crippen LogP contribution in [0.1, 0.15) is 29.1 Å². The number of aromatic amines is 1. The number of hydrogen-bond acceptors (Lipinski definition) is 5. The summed E-state index contributed by atoms with van der Waals surface area (Å²) in [6, 6.07) is 4.09. The molecule has 3 aromatic rings. The van der Waals surface area contributed by atoms with Gasteiger partial charge in [0, 0.05) is 24.5 Å². The number of hydrogen-bond donors (Lipinski definition) is 1. The highest BCUT2D eigenvalue weighted by Crippen LogP contribution is 2.28. The molecule has 0 atom stereocenters. The lowest BCUT2D eigenvalue weighted by molar-refractivity contribution is -0.130. The molecule has 0 saturated carbocycles. The number of nitrogens with one attached hydrogen (secondary N) is 1. The summed E-state index contributed by atoms with van der Waals surface area (Å²) < 4.78 is 0. The average molecular weight is 361 g/mol. The van der Waals surface area contributed by atoms with E-state index < -0.39 is 0 Å². The van der Waals surface area contributed by atoms with Crippen LogP contribution in [0.2, 0.25) is 0 Å². The lowest BCUT2D eigenvalue weighted by Gasteiger charge is -2.15. The van der Waals surface area contributed by atoms with Crippen LogP contribution in [0.25, 0.3) is 9.88 Å². The van der Waals surface area contributed by atoms with Crippen LogP contribution in [0.4, 0.5) is 0 Å². The lowest BCUT2D eigenvalue weighted by Crippen LogP contribution is -2.26. The highest BCUT2D eigenvalue weighted by molar-refractivity contribution is 7.20. The number of nitrogens with zero attached hydrogens (tertiary/aromatic N) is 3. The Labute approximate surface area is 149 Å². The second-order valence-corrected chi connectivity index (χ2v) is 7.59. The average Bonchev–Trinajstić information content (AvgIpc) is 3.28. The van der Waals surface area contributed by atoms with Crippen LogP contribution in [-0.2, 0) is 17.8 Å². The molecular formula is C17H20N4OS2. The summed E-state index contributed by atoms with van der Waals surface area (Å²) in [5.41, 5.74) is 4.10. The Morgan fingerprint density at radius 3 is 2.83 bits per heavy atom. The summed E-state index contributed by atoms with van der Waals surface area (Å²) in [5.74, 6) is 0.126. The maximum absolute atomic E-state index is 12.4. The Morgan fingerprint density at radius 2 is 2.17 bits per heavy atom. The molecule has 5 nitrogen and oxygen atoms in total. The van der Waals surface area contributed by atoms with Crippen molar-refractivity contribution in [2.24, 2.45) is 0 Å². The van der Waals surface area contributed by atoms with Crippen LogP contribution in [-0.4, -0.2) is 33.0 Å². The van der Waals surface area contributed by atoms with E-state index in [1.165, 1.54) is 4.88 Å². The predicted molar refractivity (Wildman–Crippen MR) is 98.3 cm³/mol. The van der Waals surface area contributed by atoms with E-state index in [1.54, 1.807) is 27.6 Å². The molecule has 24 heavy (non-hydrogen) atoms. The van der Waals surface area contributed by atoms with Crippen molar-refractivity contribution in [2.45, 2.75) is 33.2 Å². The molecule has 0 radical (unpaired) electrons. The van der Waals surface area contributed by atoms with E-state index in [0.717, 1.165) is 34.1 Å². The Morgan fingerprint density at radius 1 is 1.33 bits per heavy atom. The molecule has 0 aromatic carbocycles. The van der Waals surface area contributed by atoms with Gasteiger partial charge in [-0.05, 0) is 37.3 Å². The summed E-state index contributed by atoms with van der Waals surface area (Å²) in [5, 5.41) is 12.2. The van der Waals surface area contributed by atoms with E-state index in [4.69, 9.17) is 0 Å². The molecule has 0 spiro atoms. The third-order valence-corrected chi connectivity index (χ3v) is 5.91. The largest absolute Gasteiger partial charge is 0.340 e. The molecule has 0 saturated heterocycles.